The van der Waals surface area contributed by atoms with Crippen LogP contribution in [0, 0.1) is 23.0 Å². The van der Waals surface area contributed by atoms with Crippen molar-refractivity contribution in [2.45, 2.75) is 57.7 Å². The minimum absolute atomic E-state index is 0.0234. The predicted molar refractivity (Wildman–Crippen MR) is 113 cm³/mol. The third kappa shape index (κ3) is 5.42. The highest BCUT2D eigenvalue weighted by atomic mass is 19.2. The molecule has 1 heterocycles. The summed E-state index contributed by atoms with van der Waals surface area (Å²) in [7, 11) is 1.93. The lowest BCUT2D eigenvalue weighted by Gasteiger charge is -2.49. The molecule has 1 aliphatic rings. The fourth-order valence-corrected chi connectivity index (χ4v) is 4.11. The number of halogens is 2. The van der Waals surface area contributed by atoms with Gasteiger partial charge in [0.1, 0.15) is 0 Å². The molecule has 7 heteroatoms. The van der Waals surface area contributed by atoms with Gasteiger partial charge in [-0.2, -0.15) is 5.26 Å². The van der Waals surface area contributed by atoms with Crippen molar-refractivity contribution in [3.05, 3.63) is 52.9 Å². The Hall–Kier alpha value is -2.72. The number of nitrogens with two attached hydrogens (primary N) is 1. The van der Waals surface area contributed by atoms with Crippen molar-refractivity contribution >= 4 is 12.4 Å². The van der Waals surface area contributed by atoms with Crippen molar-refractivity contribution in [1.82, 2.24) is 10.2 Å². The Bertz CT molecular complexity index is 877. The average molecular weight is 402 g/mol. The van der Waals surface area contributed by atoms with Gasteiger partial charge in [-0.3, -0.25) is 4.99 Å². The first-order valence-corrected chi connectivity index (χ1v) is 9.45. The van der Waals surface area contributed by atoms with Gasteiger partial charge in [-0.25, -0.2) is 8.78 Å². The lowest BCUT2D eigenvalue weighted by atomic mass is 9.79. The van der Waals surface area contributed by atoms with E-state index in [4.69, 9.17) is 5.73 Å². The molecule has 5 nitrogen and oxygen atoms in total. The van der Waals surface area contributed by atoms with E-state index >= 15 is 0 Å². The molecule has 0 unspecified atom stereocenters. The highest BCUT2D eigenvalue weighted by molar-refractivity contribution is 5.73. The van der Waals surface area contributed by atoms with Gasteiger partial charge in [-0.15, -0.1) is 0 Å². The topological polar surface area (TPSA) is 77.4 Å². The molecule has 29 heavy (non-hydrogen) atoms. The van der Waals surface area contributed by atoms with Crippen LogP contribution < -0.4 is 11.1 Å². The van der Waals surface area contributed by atoms with Crippen molar-refractivity contribution in [3.63, 3.8) is 0 Å². The Kier molecular flexibility index (Phi) is 6.49. The third-order valence-electron chi connectivity index (χ3n) is 5.16. The van der Waals surface area contributed by atoms with Crippen molar-refractivity contribution in [3.8, 4) is 6.07 Å². The summed E-state index contributed by atoms with van der Waals surface area (Å²) in [4.78, 5) is 5.88. The third-order valence-corrected chi connectivity index (χ3v) is 5.16. The summed E-state index contributed by atoms with van der Waals surface area (Å²) >= 11 is 0. The van der Waals surface area contributed by atoms with Crippen LogP contribution in [0.5, 0.6) is 0 Å². The van der Waals surface area contributed by atoms with Gasteiger partial charge in [0.25, 0.3) is 0 Å². The minimum Gasteiger partial charge on any atom is -0.385 e. The van der Waals surface area contributed by atoms with E-state index in [0.717, 1.165) is 25.0 Å². The zero-order chi connectivity index (χ0) is 22.0. The molecule has 1 aromatic carbocycles. The van der Waals surface area contributed by atoms with Gasteiger partial charge in [0, 0.05) is 29.7 Å². The average Bonchev–Trinajstić information content (AvgIpc) is 2.61. The Morgan fingerprint density at radius 2 is 1.79 bits per heavy atom. The number of benzene rings is 1. The van der Waals surface area contributed by atoms with E-state index < -0.39 is 11.6 Å². The first-order valence-electron chi connectivity index (χ1n) is 9.45. The smallest absolute Gasteiger partial charge is 0.160 e. The fraction of sp³-hybridized carbons (Fsp3) is 0.455. The highest BCUT2D eigenvalue weighted by Crippen LogP contribution is 2.32. The van der Waals surface area contributed by atoms with Gasteiger partial charge in [0.2, 0.25) is 0 Å². The molecule has 0 bridgehead atoms. The van der Waals surface area contributed by atoms with E-state index in [1.165, 1.54) is 0 Å². The molecule has 0 radical (unpaired) electrons. The number of allylic oxidation sites excluding steroid dienone is 2. The Balaban J connectivity index is 2.33. The molecule has 0 atom stereocenters. The van der Waals surface area contributed by atoms with Crippen LogP contribution in [0.25, 0.3) is 5.70 Å². The number of nitrogens with zero attached hydrogens (tertiary/aromatic N) is 3. The molecule has 1 saturated heterocycles. The Morgan fingerprint density at radius 3 is 2.31 bits per heavy atom. The van der Waals surface area contributed by atoms with Gasteiger partial charge in [-0.1, -0.05) is 0 Å². The molecular formula is C22H29F2N5. The van der Waals surface area contributed by atoms with Gasteiger partial charge < -0.3 is 16.0 Å². The number of nitriles is 1. The second-order valence-electron chi connectivity index (χ2n) is 8.79. The quantitative estimate of drug-likeness (QED) is 0.579. The zero-order valence-corrected chi connectivity index (χ0v) is 17.7. The van der Waals surface area contributed by atoms with Crippen LogP contribution in [0.2, 0.25) is 0 Å². The molecule has 0 aliphatic carbocycles. The first kappa shape index (κ1) is 22.6. The summed E-state index contributed by atoms with van der Waals surface area (Å²) in [5, 5.41) is 12.9. The van der Waals surface area contributed by atoms with Crippen LogP contribution in [0.3, 0.4) is 0 Å². The fourth-order valence-electron chi connectivity index (χ4n) is 4.11. The molecule has 0 spiro atoms. The van der Waals surface area contributed by atoms with Crippen molar-refractivity contribution in [1.29, 1.82) is 5.26 Å². The van der Waals surface area contributed by atoms with Crippen LogP contribution in [0.1, 0.15) is 51.7 Å². The van der Waals surface area contributed by atoms with E-state index in [0.29, 0.717) is 5.82 Å². The first-order chi connectivity index (χ1) is 13.4. The van der Waals surface area contributed by atoms with E-state index in [1.807, 2.05) is 18.0 Å². The SMILES string of the molecule is C=N/C(=C\C=C(/N)N(C)C1CC(C)(C)NC(C)(C)C1)c1cc(F)c(F)cc1C#N. The summed E-state index contributed by atoms with van der Waals surface area (Å²) in [6.07, 6.45) is 5.04. The second-order valence-corrected chi connectivity index (χ2v) is 8.79. The van der Waals surface area contributed by atoms with Crippen LogP contribution >= 0.6 is 0 Å². The van der Waals surface area contributed by atoms with Crippen LogP contribution in [0.15, 0.2) is 35.1 Å². The molecular weight excluding hydrogens is 372 g/mol. The second kappa shape index (κ2) is 8.34. The predicted octanol–water partition coefficient (Wildman–Crippen LogP) is 3.92. The number of nitrogens with one attached hydrogen (secondary N) is 1. The number of aliphatic imine (C=N–C) groups is 1. The van der Waals surface area contributed by atoms with Crippen LogP contribution in [0.4, 0.5) is 8.78 Å². The molecule has 0 saturated carbocycles. The molecule has 0 aromatic heterocycles. The van der Waals surface area contributed by atoms with E-state index in [2.05, 4.69) is 44.7 Å². The van der Waals surface area contributed by atoms with Crippen LogP contribution in [-0.4, -0.2) is 35.8 Å². The van der Waals surface area contributed by atoms with Gasteiger partial charge >= 0.3 is 0 Å². The highest BCUT2D eigenvalue weighted by Gasteiger charge is 2.39. The van der Waals surface area contributed by atoms with E-state index in [1.54, 1.807) is 12.2 Å². The van der Waals surface area contributed by atoms with Crippen LogP contribution in [-0.2, 0) is 0 Å². The Labute approximate surface area is 171 Å². The molecule has 156 valence electrons. The monoisotopic (exact) mass is 401 g/mol. The molecule has 3 N–H and O–H groups in total. The molecule has 1 fully saturated rings. The normalized spacial score (nSPS) is 19.5. The minimum atomic E-state index is -1.08. The van der Waals surface area contributed by atoms with Gasteiger partial charge in [-0.05, 0) is 71.5 Å². The lowest BCUT2D eigenvalue weighted by Crippen LogP contribution is -2.61. The molecule has 1 aliphatic heterocycles. The maximum absolute atomic E-state index is 13.7. The van der Waals surface area contributed by atoms with Crippen molar-refractivity contribution in [2.75, 3.05) is 7.05 Å². The van der Waals surface area contributed by atoms with Crippen molar-refractivity contribution in [2.24, 2.45) is 10.7 Å². The number of rotatable bonds is 5. The standard InChI is InChI=1S/C22H29F2N5/c1-21(2)11-15(12-22(3,4)28-21)29(6)20(26)8-7-19(27-5)16-10-18(24)17(23)9-14(16)13-25/h7-10,15,28H,5,11-12,26H2,1-4,6H3/b19-7-,20-8+. The summed E-state index contributed by atoms with van der Waals surface area (Å²) in [5.41, 5.74) is 6.61. The van der Waals surface area contributed by atoms with E-state index in [9.17, 15) is 14.0 Å². The molecule has 1 aromatic rings. The number of piperidine rings is 1. The molecule has 0 amide bonds. The summed E-state index contributed by atoms with van der Waals surface area (Å²) in [5.74, 6) is -1.63. The summed E-state index contributed by atoms with van der Waals surface area (Å²) in [6.45, 7) is 12.1. The summed E-state index contributed by atoms with van der Waals surface area (Å²) < 4.78 is 27.1. The molecule has 2 rings (SSSR count). The van der Waals surface area contributed by atoms with E-state index in [-0.39, 0.29) is 33.9 Å². The van der Waals surface area contributed by atoms with Gasteiger partial charge in [0.15, 0.2) is 11.6 Å². The summed E-state index contributed by atoms with van der Waals surface area (Å²) in [6, 6.07) is 3.87. The largest absolute Gasteiger partial charge is 0.385 e. The van der Waals surface area contributed by atoms with Gasteiger partial charge in [0.05, 0.1) is 23.2 Å². The zero-order valence-electron chi connectivity index (χ0n) is 17.7. The Morgan fingerprint density at radius 1 is 1.24 bits per heavy atom. The number of hydrogen-bond donors (Lipinski definition) is 2. The maximum Gasteiger partial charge on any atom is 0.160 e. The number of hydrogen-bond acceptors (Lipinski definition) is 5. The maximum atomic E-state index is 13.7. The lowest BCUT2D eigenvalue weighted by molar-refractivity contribution is 0.0981. The van der Waals surface area contributed by atoms with Crippen molar-refractivity contribution < 1.29 is 8.78 Å².